The van der Waals surface area contributed by atoms with Gasteiger partial charge in [0.15, 0.2) is 5.84 Å². The standard InChI is InChI=1S/C15H14BrN3O2/c1-19(15(20)10-5-4-6-11(16)9-10)13-8-3-2-7-12(13)14(17)18-21/h2-9,21H,1H3,(H2,17,18). The highest BCUT2D eigenvalue weighted by molar-refractivity contribution is 9.10. The van der Waals surface area contributed by atoms with E-state index in [0.29, 0.717) is 16.8 Å². The molecular formula is C15H14BrN3O2. The number of rotatable bonds is 3. The Labute approximate surface area is 130 Å². The number of nitrogens with two attached hydrogens (primary N) is 1. The molecule has 0 spiro atoms. The smallest absolute Gasteiger partial charge is 0.258 e. The first-order valence-electron chi connectivity index (χ1n) is 6.15. The minimum atomic E-state index is -0.186. The van der Waals surface area contributed by atoms with Crippen molar-refractivity contribution >= 4 is 33.4 Å². The number of nitrogens with zero attached hydrogens (tertiary/aromatic N) is 2. The normalized spacial score (nSPS) is 11.2. The lowest BCUT2D eigenvalue weighted by Crippen LogP contribution is -2.29. The van der Waals surface area contributed by atoms with Crippen LogP contribution in [0.3, 0.4) is 0 Å². The number of anilines is 1. The topological polar surface area (TPSA) is 78.9 Å². The number of amides is 1. The van der Waals surface area contributed by atoms with Crippen molar-refractivity contribution in [1.29, 1.82) is 0 Å². The molecule has 0 aliphatic rings. The zero-order valence-corrected chi connectivity index (χ0v) is 12.9. The summed E-state index contributed by atoms with van der Waals surface area (Å²) in [6.07, 6.45) is 0. The number of para-hydroxylation sites is 1. The van der Waals surface area contributed by atoms with Gasteiger partial charge < -0.3 is 15.8 Å². The Morgan fingerprint density at radius 1 is 1.24 bits per heavy atom. The Kier molecular flexibility index (Phi) is 4.59. The van der Waals surface area contributed by atoms with E-state index < -0.39 is 0 Å². The van der Waals surface area contributed by atoms with Gasteiger partial charge in [-0.15, -0.1) is 0 Å². The van der Waals surface area contributed by atoms with Crippen LogP contribution in [-0.2, 0) is 0 Å². The summed E-state index contributed by atoms with van der Waals surface area (Å²) in [5.74, 6) is -0.228. The molecule has 3 N–H and O–H groups in total. The highest BCUT2D eigenvalue weighted by atomic mass is 79.9. The van der Waals surface area contributed by atoms with E-state index in [0.717, 1.165) is 4.47 Å². The van der Waals surface area contributed by atoms with Crippen molar-refractivity contribution < 1.29 is 10.0 Å². The van der Waals surface area contributed by atoms with Gasteiger partial charge in [-0.3, -0.25) is 4.79 Å². The van der Waals surface area contributed by atoms with Gasteiger partial charge in [-0.2, -0.15) is 0 Å². The molecule has 5 nitrogen and oxygen atoms in total. The van der Waals surface area contributed by atoms with Crippen molar-refractivity contribution in [3.63, 3.8) is 0 Å². The molecule has 21 heavy (non-hydrogen) atoms. The summed E-state index contributed by atoms with van der Waals surface area (Å²) >= 11 is 3.34. The summed E-state index contributed by atoms with van der Waals surface area (Å²) in [6.45, 7) is 0. The van der Waals surface area contributed by atoms with Crippen molar-refractivity contribution in [2.24, 2.45) is 10.9 Å². The lowest BCUT2D eigenvalue weighted by Gasteiger charge is -2.20. The molecule has 0 radical (unpaired) electrons. The van der Waals surface area contributed by atoms with Gasteiger partial charge in [0, 0.05) is 22.6 Å². The van der Waals surface area contributed by atoms with Crippen LogP contribution in [0.4, 0.5) is 5.69 Å². The number of carbonyl (C=O) groups is 1. The van der Waals surface area contributed by atoms with Gasteiger partial charge in [0.25, 0.3) is 5.91 Å². The lowest BCUT2D eigenvalue weighted by molar-refractivity contribution is 0.0993. The van der Waals surface area contributed by atoms with Crippen molar-refractivity contribution in [2.75, 3.05) is 11.9 Å². The molecule has 0 aliphatic heterocycles. The Hall–Kier alpha value is -2.34. The Morgan fingerprint density at radius 2 is 1.95 bits per heavy atom. The number of carbonyl (C=O) groups excluding carboxylic acids is 1. The molecule has 0 saturated heterocycles. The van der Waals surface area contributed by atoms with E-state index in [4.69, 9.17) is 10.9 Å². The number of hydrogen-bond donors (Lipinski definition) is 2. The van der Waals surface area contributed by atoms with E-state index in [9.17, 15) is 4.79 Å². The zero-order chi connectivity index (χ0) is 15.4. The average Bonchev–Trinajstić information content (AvgIpc) is 2.52. The van der Waals surface area contributed by atoms with Crippen LogP contribution in [0.15, 0.2) is 58.2 Å². The predicted octanol–water partition coefficient (Wildman–Crippen LogP) is 2.82. The first-order chi connectivity index (χ1) is 10.0. The largest absolute Gasteiger partial charge is 0.409 e. The second-order valence-electron chi connectivity index (χ2n) is 4.38. The van der Waals surface area contributed by atoms with Crippen LogP contribution in [0.25, 0.3) is 0 Å². The monoisotopic (exact) mass is 347 g/mol. The zero-order valence-electron chi connectivity index (χ0n) is 11.3. The Bertz CT molecular complexity index is 701. The quantitative estimate of drug-likeness (QED) is 0.387. The second kappa shape index (κ2) is 6.41. The van der Waals surface area contributed by atoms with E-state index in [1.54, 1.807) is 49.5 Å². The van der Waals surface area contributed by atoms with E-state index in [-0.39, 0.29) is 11.7 Å². The fourth-order valence-electron chi connectivity index (χ4n) is 1.96. The van der Waals surface area contributed by atoms with Crippen LogP contribution >= 0.6 is 15.9 Å². The van der Waals surface area contributed by atoms with Crippen LogP contribution in [-0.4, -0.2) is 24.0 Å². The second-order valence-corrected chi connectivity index (χ2v) is 5.29. The van der Waals surface area contributed by atoms with Crippen LogP contribution in [0.5, 0.6) is 0 Å². The third kappa shape index (κ3) is 3.22. The van der Waals surface area contributed by atoms with Crippen molar-refractivity contribution in [2.45, 2.75) is 0 Å². The number of amidine groups is 1. The first-order valence-corrected chi connectivity index (χ1v) is 6.94. The van der Waals surface area contributed by atoms with Crippen LogP contribution in [0.1, 0.15) is 15.9 Å². The molecule has 2 aromatic carbocycles. The summed E-state index contributed by atoms with van der Waals surface area (Å²) in [5, 5.41) is 11.8. The summed E-state index contributed by atoms with van der Waals surface area (Å²) in [5.41, 5.74) is 7.25. The number of benzene rings is 2. The molecule has 0 fully saturated rings. The molecule has 1 amide bonds. The molecule has 0 aliphatic carbocycles. The molecule has 2 aromatic rings. The van der Waals surface area contributed by atoms with Crippen molar-refractivity contribution in [3.8, 4) is 0 Å². The maximum absolute atomic E-state index is 12.5. The van der Waals surface area contributed by atoms with E-state index in [2.05, 4.69) is 21.1 Å². The van der Waals surface area contributed by atoms with E-state index in [1.165, 1.54) is 4.90 Å². The van der Waals surface area contributed by atoms with Gasteiger partial charge in [0.2, 0.25) is 0 Å². The summed E-state index contributed by atoms with van der Waals surface area (Å²) < 4.78 is 0.825. The minimum absolute atomic E-state index is 0.0421. The van der Waals surface area contributed by atoms with Crippen LogP contribution in [0.2, 0.25) is 0 Å². The average molecular weight is 348 g/mol. The highest BCUT2D eigenvalue weighted by Crippen LogP contribution is 2.22. The molecule has 2 rings (SSSR count). The Balaban J connectivity index is 2.41. The van der Waals surface area contributed by atoms with Gasteiger partial charge in [0.05, 0.1) is 5.69 Å². The third-order valence-electron chi connectivity index (χ3n) is 3.03. The molecule has 0 aromatic heterocycles. The number of halogens is 1. The minimum Gasteiger partial charge on any atom is -0.409 e. The number of oxime groups is 1. The van der Waals surface area contributed by atoms with Gasteiger partial charge in [-0.1, -0.05) is 39.3 Å². The van der Waals surface area contributed by atoms with E-state index in [1.807, 2.05) is 6.07 Å². The molecule has 0 saturated carbocycles. The molecule has 0 atom stereocenters. The Morgan fingerprint density at radius 3 is 2.62 bits per heavy atom. The predicted molar refractivity (Wildman–Crippen MR) is 85.8 cm³/mol. The van der Waals surface area contributed by atoms with Gasteiger partial charge in [-0.25, -0.2) is 0 Å². The highest BCUT2D eigenvalue weighted by Gasteiger charge is 2.17. The summed E-state index contributed by atoms with van der Waals surface area (Å²) in [4.78, 5) is 14.0. The molecule has 6 heteroatoms. The summed E-state index contributed by atoms with van der Waals surface area (Å²) in [7, 11) is 1.65. The maximum Gasteiger partial charge on any atom is 0.258 e. The third-order valence-corrected chi connectivity index (χ3v) is 3.52. The first kappa shape index (κ1) is 15.1. The van der Waals surface area contributed by atoms with E-state index >= 15 is 0 Å². The van der Waals surface area contributed by atoms with Crippen molar-refractivity contribution in [1.82, 2.24) is 0 Å². The van der Waals surface area contributed by atoms with Gasteiger partial charge in [0.1, 0.15) is 0 Å². The van der Waals surface area contributed by atoms with Gasteiger partial charge in [-0.05, 0) is 30.3 Å². The summed E-state index contributed by atoms with van der Waals surface area (Å²) in [6, 6.07) is 14.1. The molecule has 0 bridgehead atoms. The molecule has 0 heterocycles. The molecular weight excluding hydrogens is 334 g/mol. The lowest BCUT2D eigenvalue weighted by atomic mass is 10.1. The van der Waals surface area contributed by atoms with Crippen molar-refractivity contribution in [3.05, 3.63) is 64.1 Å². The fourth-order valence-corrected chi connectivity index (χ4v) is 2.36. The van der Waals surface area contributed by atoms with Gasteiger partial charge >= 0.3 is 0 Å². The molecule has 0 unspecified atom stereocenters. The van der Waals surface area contributed by atoms with Crippen LogP contribution < -0.4 is 10.6 Å². The SMILES string of the molecule is CN(C(=O)c1cccc(Br)c1)c1ccccc1/C(N)=N/O. The maximum atomic E-state index is 12.5. The molecule has 108 valence electrons. The van der Waals surface area contributed by atoms with Crippen LogP contribution in [0, 0.1) is 0 Å². The number of hydrogen-bond acceptors (Lipinski definition) is 3. The fraction of sp³-hybridized carbons (Fsp3) is 0.0667.